The molecule has 0 unspecified atom stereocenters. The Balaban J connectivity index is 3.13. The molecule has 0 heterocycles. The van der Waals surface area contributed by atoms with Crippen molar-refractivity contribution in [1.82, 2.24) is 0 Å². The number of nitrogens with one attached hydrogen (secondary N) is 1. The maximum atomic E-state index is 7.12. The molecule has 0 saturated carbocycles. The summed E-state index contributed by atoms with van der Waals surface area (Å²) >= 11 is 0. The van der Waals surface area contributed by atoms with Crippen LogP contribution < -0.4 is 5.73 Å². The van der Waals surface area contributed by atoms with Crippen molar-refractivity contribution in [1.29, 1.82) is 5.41 Å². The van der Waals surface area contributed by atoms with Crippen molar-refractivity contribution in [2.45, 2.75) is 0 Å². The van der Waals surface area contributed by atoms with Gasteiger partial charge in [0, 0.05) is 11.1 Å². The highest BCUT2D eigenvalue weighted by molar-refractivity contribution is 5.95. The molecular weight excluding hydrogens is 136 g/mol. The smallest absolute Gasteiger partial charge is 0.122 e. The van der Waals surface area contributed by atoms with E-state index in [2.05, 4.69) is 5.92 Å². The molecule has 0 atom stereocenters. The summed E-state index contributed by atoms with van der Waals surface area (Å²) in [6, 6.07) is 7.05. The molecule has 54 valence electrons. The zero-order chi connectivity index (χ0) is 8.27. The number of amidine groups is 1. The van der Waals surface area contributed by atoms with E-state index in [0.717, 1.165) is 5.56 Å². The number of hydrogen-bond acceptors (Lipinski definition) is 1. The molecule has 0 bridgehead atoms. The number of benzene rings is 1. The largest absolute Gasteiger partial charge is 0.384 e. The summed E-state index contributed by atoms with van der Waals surface area (Å²) in [7, 11) is 0. The van der Waals surface area contributed by atoms with Gasteiger partial charge in [0.25, 0.3) is 0 Å². The quantitative estimate of drug-likeness (QED) is 0.344. The first-order valence-electron chi connectivity index (χ1n) is 3.15. The van der Waals surface area contributed by atoms with E-state index in [4.69, 9.17) is 17.6 Å². The van der Waals surface area contributed by atoms with Crippen LogP contribution in [0.15, 0.2) is 24.3 Å². The Morgan fingerprint density at radius 1 is 1.55 bits per heavy atom. The van der Waals surface area contributed by atoms with Crippen LogP contribution in [0.5, 0.6) is 0 Å². The molecule has 1 rings (SSSR count). The maximum Gasteiger partial charge on any atom is 0.122 e. The van der Waals surface area contributed by atoms with Gasteiger partial charge in [-0.25, -0.2) is 0 Å². The summed E-state index contributed by atoms with van der Waals surface area (Å²) in [4.78, 5) is 0. The molecule has 3 N–H and O–H groups in total. The number of nitrogens with two attached hydrogens (primary N) is 1. The van der Waals surface area contributed by atoms with Crippen LogP contribution in [0.2, 0.25) is 0 Å². The molecule has 0 spiro atoms. The Bertz CT molecular complexity index is 321. The van der Waals surface area contributed by atoms with Gasteiger partial charge in [-0.05, 0) is 12.1 Å². The van der Waals surface area contributed by atoms with Crippen molar-refractivity contribution < 1.29 is 0 Å². The fraction of sp³-hybridized carbons (Fsp3) is 0. The van der Waals surface area contributed by atoms with Crippen molar-refractivity contribution in [2.24, 2.45) is 5.73 Å². The van der Waals surface area contributed by atoms with Crippen LogP contribution in [-0.2, 0) is 0 Å². The first kappa shape index (κ1) is 7.36. The first-order chi connectivity index (χ1) is 5.24. The van der Waals surface area contributed by atoms with Crippen molar-refractivity contribution in [3.63, 3.8) is 0 Å². The highest BCUT2D eigenvalue weighted by atomic mass is 14.7. The first-order valence-corrected chi connectivity index (χ1v) is 3.15. The molecule has 0 fully saturated rings. The second-order valence-electron chi connectivity index (χ2n) is 2.14. The average Bonchev–Trinajstić information content (AvgIpc) is 2.05. The predicted octanol–water partition coefficient (Wildman–Crippen LogP) is 0.952. The normalized spacial score (nSPS) is 8.64. The predicted molar refractivity (Wildman–Crippen MR) is 45.4 cm³/mol. The molecule has 2 heteroatoms. The summed E-state index contributed by atoms with van der Waals surface area (Å²) in [5.41, 5.74) is 6.67. The fourth-order valence-electron chi connectivity index (χ4n) is 0.777. The van der Waals surface area contributed by atoms with Crippen LogP contribution in [0.4, 0.5) is 0 Å². The Labute approximate surface area is 65.6 Å². The van der Waals surface area contributed by atoms with Gasteiger partial charge in [-0.15, -0.1) is 6.42 Å². The summed E-state index contributed by atoms with van der Waals surface area (Å²) in [6.45, 7) is 0. The highest BCUT2D eigenvalue weighted by Gasteiger charge is 1.94. The zero-order valence-corrected chi connectivity index (χ0v) is 5.96. The van der Waals surface area contributed by atoms with Crippen molar-refractivity contribution >= 4 is 5.84 Å². The van der Waals surface area contributed by atoms with Gasteiger partial charge in [0.2, 0.25) is 0 Å². The Morgan fingerprint density at radius 3 is 2.82 bits per heavy atom. The molecule has 0 aliphatic carbocycles. The van der Waals surface area contributed by atoms with E-state index >= 15 is 0 Å². The van der Waals surface area contributed by atoms with Crippen molar-refractivity contribution in [3.8, 4) is 12.3 Å². The van der Waals surface area contributed by atoms with Crippen LogP contribution in [0, 0.1) is 17.8 Å². The average molecular weight is 144 g/mol. The van der Waals surface area contributed by atoms with Gasteiger partial charge in [-0.3, -0.25) is 5.41 Å². The second kappa shape index (κ2) is 2.89. The van der Waals surface area contributed by atoms with Crippen LogP contribution in [0.25, 0.3) is 0 Å². The van der Waals surface area contributed by atoms with E-state index in [1.165, 1.54) is 0 Å². The van der Waals surface area contributed by atoms with Crippen LogP contribution >= 0.6 is 0 Å². The molecule has 0 radical (unpaired) electrons. The zero-order valence-electron chi connectivity index (χ0n) is 5.96. The summed E-state index contributed by atoms with van der Waals surface area (Å²) in [5.74, 6) is 2.51. The monoisotopic (exact) mass is 144 g/mol. The topological polar surface area (TPSA) is 49.9 Å². The fourth-order valence-corrected chi connectivity index (χ4v) is 0.777. The van der Waals surface area contributed by atoms with E-state index in [9.17, 15) is 0 Å². The van der Waals surface area contributed by atoms with Crippen molar-refractivity contribution in [2.75, 3.05) is 0 Å². The minimum absolute atomic E-state index is 0.0436. The molecule has 1 aromatic carbocycles. The second-order valence-corrected chi connectivity index (χ2v) is 2.14. The number of nitrogen functional groups attached to an aromatic ring is 1. The van der Waals surface area contributed by atoms with E-state index in [-0.39, 0.29) is 5.84 Å². The maximum absolute atomic E-state index is 7.12. The molecule has 0 aromatic heterocycles. The summed E-state index contributed by atoms with van der Waals surface area (Å²) in [5, 5.41) is 7.12. The molecular formula is C9H8N2. The summed E-state index contributed by atoms with van der Waals surface area (Å²) in [6.07, 6.45) is 5.16. The van der Waals surface area contributed by atoms with E-state index in [1.54, 1.807) is 24.3 Å². The van der Waals surface area contributed by atoms with E-state index < -0.39 is 0 Å². The Hall–Kier alpha value is -1.75. The lowest BCUT2D eigenvalue weighted by Crippen LogP contribution is -2.10. The van der Waals surface area contributed by atoms with Crippen LogP contribution in [0.1, 0.15) is 11.1 Å². The third-order valence-electron chi connectivity index (χ3n) is 1.34. The summed E-state index contributed by atoms with van der Waals surface area (Å²) < 4.78 is 0. The Morgan fingerprint density at radius 2 is 2.27 bits per heavy atom. The van der Waals surface area contributed by atoms with Gasteiger partial charge < -0.3 is 5.73 Å². The van der Waals surface area contributed by atoms with Gasteiger partial charge >= 0.3 is 0 Å². The molecule has 1 aromatic rings. The highest BCUT2D eigenvalue weighted by Crippen LogP contribution is 2.02. The van der Waals surface area contributed by atoms with Gasteiger partial charge in [0.1, 0.15) is 5.84 Å². The Kier molecular flexibility index (Phi) is 1.93. The van der Waals surface area contributed by atoms with E-state index in [0.29, 0.717) is 5.56 Å². The minimum Gasteiger partial charge on any atom is -0.384 e. The van der Waals surface area contributed by atoms with Gasteiger partial charge in [0.05, 0.1) is 0 Å². The molecule has 0 amide bonds. The SMILES string of the molecule is C#Cc1cccc(C(=N)N)c1. The van der Waals surface area contributed by atoms with E-state index in [1.807, 2.05) is 0 Å². The standard InChI is InChI=1S/C9H8N2/c1-2-7-4-3-5-8(6-7)9(10)11/h1,3-6H,(H3,10,11). The third kappa shape index (κ3) is 1.59. The van der Waals surface area contributed by atoms with Crippen molar-refractivity contribution in [3.05, 3.63) is 35.4 Å². The lowest BCUT2D eigenvalue weighted by Gasteiger charge is -1.96. The van der Waals surface area contributed by atoms with Gasteiger partial charge in [-0.2, -0.15) is 0 Å². The lowest BCUT2D eigenvalue weighted by atomic mass is 10.1. The molecule has 0 aliphatic rings. The van der Waals surface area contributed by atoms with Gasteiger partial charge in [0.15, 0.2) is 0 Å². The van der Waals surface area contributed by atoms with Crippen LogP contribution in [0.3, 0.4) is 0 Å². The number of rotatable bonds is 1. The third-order valence-corrected chi connectivity index (χ3v) is 1.34. The molecule has 2 nitrogen and oxygen atoms in total. The molecule has 0 saturated heterocycles. The van der Waals surface area contributed by atoms with Crippen LogP contribution in [-0.4, -0.2) is 5.84 Å². The molecule has 0 aliphatic heterocycles. The minimum atomic E-state index is 0.0436. The number of hydrogen-bond donors (Lipinski definition) is 2. The lowest BCUT2D eigenvalue weighted by molar-refractivity contribution is 1.42. The number of terminal acetylenes is 1. The molecule has 11 heavy (non-hydrogen) atoms. The van der Waals surface area contributed by atoms with Gasteiger partial charge in [-0.1, -0.05) is 18.1 Å².